The summed E-state index contributed by atoms with van der Waals surface area (Å²) >= 11 is 3.32. The molecule has 0 fully saturated rings. The summed E-state index contributed by atoms with van der Waals surface area (Å²) in [6, 6.07) is 3.41. The highest BCUT2D eigenvalue weighted by Gasteiger charge is 2.05. The number of ether oxygens (including phenoxy) is 1. The van der Waals surface area contributed by atoms with Gasteiger partial charge in [-0.05, 0) is 28.1 Å². The first kappa shape index (κ1) is 9.21. The highest BCUT2D eigenvalue weighted by Crippen LogP contribution is 2.27. The molecule has 1 N–H and O–H groups in total. The minimum absolute atomic E-state index is 0.166. The zero-order valence-corrected chi connectivity index (χ0v) is 8.96. The Morgan fingerprint density at radius 1 is 1.50 bits per heavy atom. The number of rotatable bonds is 1. The van der Waals surface area contributed by atoms with Crippen LogP contribution >= 0.6 is 15.9 Å². The van der Waals surface area contributed by atoms with E-state index < -0.39 is 0 Å². The third-order valence-corrected chi connectivity index (χ3v) is 2.53. The molecule has 14 heavy (non-hydrogen) atoms. The van der Waals surface area contributed by atoms with E-state index in [-0.39, 0.29) is 5.56 Å². The summed E-state index contributed by atoms with van der Waals surface area (Å²) in [5.74, 6) is 0.621. The van der Waals surface area contributed by atoms with Crippen molar-refractivity contribution in [2.45, 2.75) is 0 Å². The third kappa shape index (κ3) is 1.39. The average Bonchev–Trinajstić information content (AvgIpc) is 2.17. The number of aromatic nitrogens is 2. The lowest BCUT2D eigenvalue weighted by Gasteiger charge is -2.03. The molecule has 1 aromatic carbocycles. The summed E-state index contributed by atoms with van der Waals surface area (Å²) in [5.41, 5.74) is 0.474. The molecule has 4 nitrogen and oxygen atoms in total. The molecule has 0 amide bonds. The van der Waals surface area contributed by atoms with E-state index in [0.29, 0.717) is 16.7 Å². The third-order valence-electron chi connectivity index (χ3n) is 1.91. The Kier molecular flexibility index (Phi) is 2.25. The molecule has 0 aliphatic rings. The van der Waals surface area contributed by atoms with E-state index in [1.807, 2.05) is 0 Å². The van der Waals surface area contributed by atoms with Crippen molar-refractivity contribution in [3.8, 4) is 5.75 Å². The molecule has 2 rings (SSSR count). The lowest BCUT2D eigenvalue weighted by atomic mass is 10.2. The van der Waals surface area contributed by atoms with Crippen molar-refractivity contribution in [2.24, 2.45) is 0 Å². The van der Waals surface area contributed by atoms with Crippen LogP contribution in [0.3, 0.4) is 0 Å². The average molecular weight is 255 g/mol. The van der Waals surface area contributed by atoms with Crippen LogP contribution in [0.2, 0.25) is 0 Å². The van der Waals surface area contributed by atoms with Crippen LogP contribution in [-0.4, -0.2) is 17.1 Å². The first-order valence-electron chi connectivity index (χ1n) is 3.93. The summed E-state index contributed by atoms with van der Waals surface area (Å²) in [7, 11) is 1.55. The quantitative estimate of drug-likeness (QED) is 0.843. The molecule has 5 heteroatoms. The highest BCUT2D eigenvalue weighted by atomic mass is 79.9. The van der Waals surface area contributed by atoms with Crippen molar-refractivity contribution in [2.75, 3.05) is 7.11 Å². The van der Waals surface area contributed by atoms with Gasteiger partial charge in [0, 0.05) is 0 Å². The number of methoxy groups -OCH3 is 1. The van der Waals surface area contributed by atoms with Crippen molar-refractivity contribution >= 4 is 26.8 Å². The van der Waals surface area contributed by atoms with Crippen LogP contribution in [-0.2, 0) is 0 Å². The van der Waals surface area contributed by atoms with E-state index in [9.17, 15) is 4.79 Å². The number of nitrogens with zero attached hydrogens (tertiary/aromatic N) is 1. The molecule has 0 spiro atoms. The first-order valence-corrected chi connectivity index (χ1v) is 4.72. The largest absolute Gasteiger partial charge is 0.496 e. The summed E-state index contributed by atoms with van der Waals surface area (Å²) in [5, 5.41) is 0.521. The van der Waals surface area contributed by atoms with Gasteiger partial charge in [0.2, 0.25) is 0 Å². The zero-order chi connectivity index (χ0) is 10.1. The van der Waals surface area contributed by atoms with Crippen molar-refractivity contribution in [1.29, 1.82) is 0 Å². The highest BCUT2D eigenvalue weighted by molar-refractivity contribution is 9.10. The Balaban J connectivity index is 2.87. The van der Waals surface area contributed by atoms with E-state index in [1.54, 1.807) is 19.2 Å². The van der Waals surface area contributed by atoms with Gasteiger partial charge in [0.15, 0.2) is 0 Å². The maximum atomic E-state index is 11.4. The molecule has 1 aromatic heterocycles. The van der Waals surface area contributed by atoms with Crippen LogP contribution in [0.5, 0.6) is 5.75 Å². The molecule has 2 aromatic rings. The van der Waals surface area contributed by atoms with Gasteiger partial charge in [-0.3, -0.25) is 4.79 Å². The molecule has 0 atom stereocenters. The topological polar surface area (TPSA) is 55.0 Å². The van der Waals surface area contributed by atoms with Gasteiger partial charge in [0.25, 0.3) is 5.56 Å². The minimum Gasteiger partial charge on any atom is -0.496 e. The standard InChI is InChI=1S/C9H7BrN2O2/c1-14-8-2-5-7(3-6(8)10)11-4-12-9(5)13/h2-4H,1H3,(H,11,12,13). The Bertz CT molecular complexity index is 536. The van der Waals surface area contributed by atoms with E-state index in [2.05, 4.69) is 25.9 Å². The van der Waals surface area contributed by atoms with Gasteiger partial charge in [-0.25, -0.2) is 4.98 Å². The molecule has 0 aliphatic carbocycles. The van der Waals surface area contributed by atoms with Crippen molar-refractivity contribution in [3.05, 3.63) is 33.3 Å². The number of halogens is 1. The number of nitrogens with one attached hydrogen (secondary N) is 1. The van der Waals surface area contributed by atoms with E-state index in [1.165, 1.54) is 6.33 Å². The zero-order valence-electron chi connectivity index (χ0n) is 7.37. The molecule has 0 bridgehead atoms. The number of aromatic amines is 1. The second-order valence-electron chi connectivity index (χ2n) is 2.74. The summed E-state index contributed by atoms with van der Waals surface area (Å²) < 4.78 is 5.86. The van der Waals surface area contributed by atoms with Crippen LogP contribution in [0, 0.1) is 0 Å². The fourth-order valence-corrected chi connectivity index (χ4v) is 1.72. The predicted octanol–water partition coefficient (Wildman–Crippen LogP) is 1.69. The number of benzene rings is 1. The molecule has 0 aliphatic heterocycles. The predicted molar refractivity (Wildman–Crippen MR) is 56.6 cm³/mol. The van der Waals surface area contributed by atoms with Crippen LogP contribution < -0.4 is 10.3 Å². The van der Waals surface area contributed by atoms with Crippen LogP contribution in [0.4, 0.5) is 0 Å². The molecule has 0 radical (unpaired) electrons. The van der Waals surface area contributed by atoms with Gasteiger partial charge < -0.3 is 9.72 Å². The van der Waals surface area contributed by atoms with Gasteiger partial charge in [-0.1, -0.05) is 0 Å². The van der Waals surface area contributed by atoms with Gasteiger partial charge in [-0.15, -0.1) is 0 Å². The van der Waals surface area contributed by atoms with Crippen molar-refractivity contribution < 1.29 is 4.74 Å². The Morgan fingerprint density at radius 3 is 3.00 bits per heavy atom. The molecular weight excluding hydrogens is 248 g/mol. The second kappa shape index (κ2) is 3.42. The minimum atomic E-state index is -0.166. The maximum Gasteiger partial charge on any atom is 0.258 e. The Hall–Kier alpha value is -1.36. The maximum absolute atomic E-state index is 11.4. The molecule has 0 saturated heterocycles. The van der Waals surface area contributed by atoms with Crippen LogP contribution in [0.25, 0.3) is 10.9 Å². The normalized spacial score (nSPS) is 10.4. The number of fused-ring (bicyclic) bond motifs is 1. The molecule has 0 saturated carbocycles. The van der Waals surface area contributed by atoms with Crippen LogP contribution in [0.15, 0.2) is 27.7 Å². The Labute approximate surface area is 88.1 Å². The van der Waals surface area contributed by atoms with E-state index in [0.717, 1.165) is 4.47 Å². The van der Waals surface area contributed by atoms with Gasteiger partial charge in [-0.2, -0.15) is 0 Å². The van der Waals surface area contributed by atoms with Crippen LogP contribution in [0.1, 0.15) is 0 Å². The van der Waals surface area contributed by atoms with Crippen molar-refractivity contribution in [1.82, 2.24) is 9.97 Å². The molecule has 0 unspecified atom stereocenters. The number of hydrogen-bond acceptors (Lipinski definition) is 3. The SMILES string of the molecule is COc1cc2c(=O)[nH]cnc2cc1Br. The lowest BCUT2D eigenvalue weighted by molar-refractivity contribution is 0.413. The fourth-order valence-electron chi connectivity index (χ4n) is 1.23. The van der Waals surface area contributed by atoms with Gasteiger partial charge >= 0.3 is 0 Å². The van der Waals surface area contributed by atoms with Crippen molar-refractivity contribution in [3.63, 3.8) is 0 Å². The smallest absolute Gasteiger partial charge is 0.258 e. The molecular formula is C9H7BrN2O2. The summed E-state index contributed by atoms with van der Waals surface area (Å²) in [6.45, 7) is 0. The monoisotopic (exact) mass is 254 g/mol. The molecule has 72 valence electrons. The van der Waals surface area contributed by atoms with Gasteiger partial charge in [0.1, 0.15) is 5.75 Å². The van der Waals surface area contributed by atoms with E-state index in [4.69, 9.17) is 4.74 Å². The Morgan fingerprint density at radius 2 is 2.29 bits per heavy atom. The fraction of sp³-hybridized carbons (Fsp3) is 0.111. The summed E-state index contributed by atoms with van der Waals surface area (Å²) in [4.78, 5) is 17.9. The number of H-pyrrole nitrogens is 1. The van der Waals surface area contributed by atoms with E-state index >= 15 is 0 Å². The number of hydrogen-bond donors (Lipinski definition) is 1. The summed E-state index contributed by atoms with van der Waals surface area (Å²) in [6.07, 6.45) is 1.38. The second-order valence-corrected chi connectivity index (χ2v) is 3.59. The molecule has 1 heterocycles. The lowest BCUT2D eigenvalue weighted by Crippen LogP contribution is -2.06. The first-order chi connectivity index (χ1) is 6.72. The van der Waals surface area contributed by atoms with Gasteiger partial charge in [0.05, 0.1) is 28.8 Å².